The van der Waals surface area contributed by atoms with Crippen LogP contribution in [0, 0.1) is 0 Å². The molecular formula is C11H9NO3. The Morgan fingerprint density at radius 3 is 2.53 bits per heavy atom. The summed E-state index contributed by atoms with van der Waals surface area (Å²) in [6.07, 6.45) is 0. The van der Waals surface area contributed by atoms with Crippen LogP contribution in [-0.2, 0) is 0 Å². The van der Waals surface area contributed by atoms with Gasteiger partial charge in [0.1, 0.15) is 0 Å². The van der Waals surface area contributed by atoms with Gasteiger partial charge < -0.3 is 4.52 Å². The Morgan fingerprint density at radius 2 is 1.93 bits per heavy atom. The van der Waals surface area contributed by atoms with E-state index in [2.05, 4.69) is 0 Å². The molecule has 0 saturated heterocycles. The van der Waals surface area contributed by atoms with Crippen LogP contribution in [0.5, 0.6) is 0 Å². The van der Waals surface area contributed by atoms with Gasteiger partial charge in [0.2, 0.25) is 0 Å². The molecular weight excluding hydrogens is 195 g/mol. The summed E-state index contributed by atoms with van der Waals surface area (Å²) in [4.78, 5) is 22.2. The lowest BCUT2D eigenvalue weighted by Crippen LogP contribution is -2.06. The van der Waals surface area contributed by atoms with Gasteiger partial charge in [-0.1, -0.05) is 30.3 Å². The fourth-order valence-corrected chi connectivity index (χ4v) is 1.38. The first-order valence-corrected chi connectivity index (χ1v) is 4.48. The summed E-state index contributed by atoms with van der Waals surface area (Å²) < 4.78 is 5.74. The standard InChI is InChI=1S/C11H9NO3/c1-8(13)12-10(7-11(14)15-12)9-5-3-2-4-6-9/h2-7H,1H3/i10+1. The number of hydrogen-bond donors (Lipinski definition) is 0. The third kappa shape index (κ3) is 1.74. The second-order valence-corrected chi connectivity index (χ2v) is 3.12. The number of carbonyl (C=O) groups is 1. The van der Waals surface area contributed by atoms with Gasteiger partial charge in [-0.2, -0.15) is 0 Å². The monoisotopic (exact) mass is 204 g/mol. The molecule has 0 fully saturated rings. The molecule has 0 aliphatic carbocycles. The Balaban J connectivity index is 2.63. The highest BCUT2D eigenvalue weighted by Crippen LogP contribution is 2.17. The van der Waals surface area contributed by atoms with Gasteiger partial charge >= 0.3 is 5.63 Å². The Hall–Kier alpha value is -2.10. The van der Waals surface area contributed by atoms with Crippen LogP contribution in [0.4, 0.5) is 0 Å². The molecule has 0 saturated carbocycles. The van der Waals surface area contributed by atoms with Gasteiger partial charge in [0.15, 0.2) is 0 Å². The first kappa shape index (κ1) is 9.45. The maximum absolute atomic E-state index is 11.2. The Labute approximate surface area is 85.7 Å². The lowest BCUT2D eigenvalue weighted by atomic mass is 10.3. The second-order valence-electron chi connectivity index (χ2n) is 3.12. The van der Waals surface area contributed by atoms with Crippen LogP contribution < -0.4 is 5.63 Å². The van der Waals surface area contributed by atoms with Crippen LogP contribution in [0.25, 0.3) is 11.3 Å². The minimum absolute atomic E-state index is 0.323. The van der Waals surface area contributed by atoms with Crippen molar-refractivity contribution in [3.63, 3.8) is 0 Å². The number of carbonyl (C=O) groups excluding carboxylic acids is 1. The summed E-state index contributed by atoms with van der Waals surface area (Å²) in [7, 11) is 0. The zero-order valence-electron chi connectivity index (χ0n) is 8.14. The van der Waals surface area contributed by atoms with Gasteiger partial charge in [0.05, 0.1) is 11.8 Å². The number of rotatable bonds is 1. The van der Waals surface area contributed by atoms with E-state index in [0.29, 0.717) is 5.69 Å². The van der Waals surface area contributed by atoms with Crippen molar-refractivity contribution in [2.24, 2.45) is 0 Å². The molecule has 4 heteroatoms. The normalized spacial score (nSPS) is 10.2. The predicted molar refractivity (Wildman–Crippen MR) is 54.7 cm³/mol. The molecule has 0 radical (unpaired) electrons. The SMILES string of the molecule is CC(=O)n1oc(=O)c[13c]1-c1ccccc1. The molecule has 0 aliphatic rings. The average molecular weight is 204 g/mol. The first-order valence-electron chi connectivity index (χ1n) is 4.48. The molecule has 1 aromatic carbocycles. The van der Waals surface area contributed by atoms with E-state index in [1.807, 2.05) is 30.3 Å². The summed E-state index contributed by atoms with van der Waals surface area (Å²) in [5, 5.41) is 0. The first-order chi connectivity index (χ1) is 7.18. The lowest BCUT2D eigenvalue weighted by molar-refractivity contribution is 0.0817. The van der Waals surface area contributed by atoms with Crippen LogP contribution >= 0.6 is 0 Å². The van der Waals surface area contributed by atoms with E-state index in [-0.39, 0.29) is 5.91 Å². The number of nitrogens with zero attached hydrogens (tertiary/aromatic N) is 1. The fraction of sp³-hybridized carbons (Fsp3) is 0.0909. The topological polar surface area (TPSA) is 52.2 Å². The Morgan fingerprint density at radius 1 is 1.27 bits per heavy atom. The summed E-state index contributed by atoms with van der Waals surface area (Å²) in [5.74, 6) is -0.323. The van der Waals surface area contributed by atoms with E-state index in [1.54, 1.807) is 0 Å². The van der Waals surface area contributed by atoms with Crippen LogP contribution in [0.2, 0.25) is 0 Å². The number of aromatic nitrogens is 1. The largest absolute Gasteiger partial charge is 0.358 e. The van der Waals surface area contributed by atoms with Gasteiger partial charge in [-0.05, 0) is 0 Å². The lowest BCUT2D eigenvalue weighted by Gasteiger charge is -2.00. The highest BCUT2D eigenvalue weighted by molar-refractivity contribution is 5.80. The maximum Gasteiger partial charge on any atom is 0.358 e. The van der Waals surface area contributed by atoms with Crippen molar-refractivity contribution in [3.05, 3.63) is 46.8 Å². The summed E-state index contributed by atoms with van der Waals surface area (Å²) in [5.41, 5.74) is 0.732. The van der Waals surface area contributed by atoms with Crippen molar-refractivity contribution in [1.29, 1.82) is 0 Å². The molecule has 15 heavy (non-hydrogen) atoms. The zero-order valence-corrected chi connectivity index (χ0v) is 8.14. The minimum Gasteiger partial charge on any atom is -0.328 e. The van der Waals surface area contributed by atoms with Crippen LogP contribution in [0.3, 0.4) is 0 Å². The van der Waals surface area contributed by atoms with Crippen LogP contribution in [-0.4, -0.2) is 10.6 Å². The highest BCUT2D eigenvalue weighted by atomic mass is 16.5. The van der Waals surface area contributed by atoms with Gasteiger partial charge in [-0.15, -0.1) is 4.74 Å². The maximum atomic E-state index is 11.2. The van der Waals surface area contributed by atoms with E-state index in [1.165, 1.54) is 13.0 Å². The van der Waals surface area contributed by atoms with Crippen molar-refractivity contribution in [3.8, 4) is 11.3 Å². The molecule has 0 amide bonds. The molecule has 0 aliphatic heterocycles. The smallest absolute Gasteiger partial charge is 0.328 e. The van der Waals surface area contributed by atoms with Crippen molar-refractivity contribution < 1.29 is 9.32 Å². The number of benzene rings is 1. The molecule has 0 bridgehead atoms. The second kappa shape index (κ2) is 3.57. The van der Waals surface area contributed by atoms with Crippen LogP contribution in [0.1, 0.15) is 11.7 Å². The molecule has 1 aromatic heterocycles. The van der Waals surface area contributed by atoms with Crippen molar-refractivity contribution in [2.45, 2.75) is 6.92 Å². The van der Waals surface area contributed by atoms with Gasteiger partial charge in [-0.3, -0.25) is 4.79 Å². The Kier molecular flexibility index (Phi) is 2.25. The zero-order chi connectivity index (χ0) is 10.8. The van der Waals surface area contributed by atoms with E-state index >= 15 is 0 Å². The summed E-state index contributed by atoms with van der Waals surface area (Å²) in [6, 6.07) is 10.4. The predicted octanol–water partition coefficient (Wildman–Crippen LogP) is 1.77. The van der Waals surface area contributed by atoms with Crippen molar-refractivity contribution in [2.75, 3.05) is 0 Å². The van der Waals surface area contributed by atoms with Crippen molar-refractivity contribution in [1.82, 2.24) is 4.74 Å². The van der Waals surface area contributed by atoms with Gasteiger partial charge in [0.25, 0.3) is 5.91 Å². The quantitative estimate of drug-likeness (QED) is 0.711. The van der Waals surface area contributed by atoms with E-state index in [9.17, 15) is 9.59 Å². The van der Waals surface area contributed by atoms with Crippen LogP contribution in [0.15, 0.2) is 45.7 Å². The summed E-state index contributed by atoms with van der Waals surface area (Å²) in [6.45, 7) is 1.34. The fourth-order valence-electron chi connectivity index (χ4n) is 1.38. The molecule has 1 heterocycles. The molecule has 0 spiro atoms. The van der Waals surface area contributed by atoms with E-state index in [4.69, 9.17) is 4.52 Å². The molecule has 2 rings (SSSR count). The van der Waals surface area contributed by atoms with Gasteiger partial charge in [0, 0.05) is 12.5 Å². The average Bonchev–Trinajstić information content (AvgIpc) is 2.62. The molecule has 76 valence electrons. The van der Waals surface area contributed by atoms with Crippen molar-refractivity contribution >= 4 is 5.91 Å². The summed E-state index contributed by atoms with van der Waals surface area (Å²) >= 11 is 0. The molecule has 0 unspecified atom stereocenters. The third-order valence-corrected chi connectivity index (χ3v) is 2.01. The van der Waals surface area contributed by atoms with Gasteiger partial charge in [-0.25, -0.2) is 4.79 Å². The van der Waals surface area contributed by atoms with E-state index in [0.717, 1.165) is 10.3 Å². The highest BCUT2D eigenvalue weighted by Gasteiger charge is 2.11. The minimum atomic E-state index is -0.524. The third-order valence-electron chi connectivity index (χ3n) is 2.01. The van der Waals surface area contributed by atoms with E-state index < -0.39 is 5.63 Å². The Bertz CT molecular complexity index is 536. The number of hydrogen-bond acceptors (Lipinski definition) is 3. The molecule has 0 atom stereocenters. The molecule has 2 aromatic rings. The molecule has 4 nitrogen and oxygen atoms in total. The molecule has 0 N–H and O–H groups in total.